The number of hydrogen-bond acceptors (Lipinski definition) is 4. The van der Waals surface area contributed by atoms with Crippen LogP contribution in [-0.4, -0.2) is 68.7 Å². The van der Waals surface area contributed by atoms with Crippen molar-refractivity contribution in [3.05, 3.63) is 57.2 Å². The van der Waals surface area contributed by atoms with Crippen LogP contribution in [0.2, 0.25) is 0 Å². The van der Waals surface area contributed by atoms with Crippen molar-refractivity contribution < 1.29 is 18.9 Å². The summed E-state index contributed by atoms with van der Waals surface area (Å²) in [7, 11) is 6.62. The van der Waals surface area contributed by atoms with E-state index in [1.54, 1.807) is 28.4 Å². The number of ether oxygens (including phenoxy) is 4. The van der Waals surface area contributed by atoms with Gasteiger partial charge in [0.15, 0.2) is 0 Å². The molecular formula is C28H34N2O4Se2. The minimum absolute atomic E-state index is 0.416. The zero-order chi connectivity index (χ0) is 26.6. The van der Waals surface area contributed by atoms with E-state index in [1.165, 1.54) is 0 Å². The molecule has 0 saturated carbocycles. The van der Waals surface area contributed by atoms with E-state index < -0.39 is 0 Å². The molecule has 6 nitrogen and oxygen atoms in total. The minimum atomic E-state index is 0.416. The molecule has 8 heteroatoms. The fraction of sp³-hybridized carbons (Fsp3) is 0.357. The van der Waals surface area contributed by atoms with Gasteiger partial charge in [-0.2, -0.15) is 0 Å². The van der Waals surface area contributed by atoms with Gasteiger partial charge >= 0.3 is 229 Å². The SMILES string of the molecule is COc1cc2ccn(C(C)C)c(=[Se])c2cc1OC.COc1cc2ccn(C(C)C)c(=[Se])c2cc1OC. The summed E-state index contributed by atoms with van der Waals surface area (Å²) in [5, 5.41) is 4.56. The van der Waals surface area contributed by atoms with E-state index >= 15 is 0 Å². The summed E-state index contributed by atoms with van der Waals surface area (Å²) in [6, 6.07) is 13.0. The fourth-order valence-electron chi connectivity index (χ4n) is 3.98. The van der Waals surface area contributed by atoms with Crippen LogP contribution in [0.1, 0.15) is 39.8 Å². The van der Waals surface area contributed by atoms with Crippen LogP contribution in [0.15, 0.2) is 48.8 Å². The summed E-state index contributed by atoms with van der Waals surface area (Å²) in [4.78, 5) is 0. The van der Waals surface area contributed by atoms with Crippen LogP contribution in [-0.2, 0) is 0 Å². The molecule has 0 spiro atoms. The van der Waals surface area contributed by atoms with E-state index in [4.69, 9.17) is 18.9 Å². The van der Waals surface area contributed by atoms with Crippen molar-refractivity contribution in [3.8, 4) is 23.0 Å². The summed E-state index contributed by atoms with van der Waals surface area (Å²) < 4.78 is 28.0. The predicted molar refractivity (Wildman–Crippen MR) is 149 cm³/mol. The van der Waals surface area contributed by atoms with Gasteiger partial charge in [-0.15, -0.1) is 0 Å². The Kier molecular flexibility index (Phi) is 9.48. The van der Waals surface area contributed by atoms with Crippen LogP contribution in [0.4, 0.5) is 0 Å². The van der Waals surface area contributed by atoms with Crippen LogP contribution in [0.3, 0.4) is 0 Å². The zero-order valence-corrected chi connectivity index (χ0v) is 25.5. The van der Waals surface area contributed by atoms with Crippen LogP contribution in [0, 0.1) is 8.39 Å². The van der Waals surface area contributed by atoms with Gasteiger partial charge in [-0.05, 0) is 0 Å². The molecule has 0 aliphatic heterocycles. The average Bonchev–Trinajstić information content (AvgIpc) is 2.87. The Morgan fingerprint density at radius 3 is 1.14 bits per heavy atom. The Morgan fingerprint density at radius 2 is 0.861 bits per heavy atom. The molecule has 4 aromatic rings. The van der Waals surface area contributed by atoms with Gasteiger partial charge in [-0.1, -0.05) is 0 Å². The first-order valence-electron chi connectivity index (χ1n) is 11.7. The van der Waals surface area contributed by atoms with E-state index in [9.17, 15) is 0 Å². The second-order valence-corrected chi connectivity index (χ2v) is 10.5. The van der Waals surface area contributed by atoms with E-state index in [-0.39, 0.29) is 0 Å². The van der Waals surface area contributed by atoms with Gasteiger partial charge < -0.3 is 0 Å². The van der Waals surface area contributed by atoms with Gasteiger partial charge in [0.1, 0.15) is 0 Å². The molecule has 2 aromatic heterocycles. The Hall–Kier alpha value is -2.50. The maximum atomic E-state index is 5.35. The number of rotatable bonds is 6. The van der Waals surface area contributed by atoms with E-state index in [1.807, 2.05) is 24.3 Å². The first-order valence-corrected chi connectivity index (χ1v) is 13.4. The van der Waals surface area contributed by atoms with Gasteiger partial charge in [0.2, 0.25) is 0 Å². The normalized spacial score (nSPS) is 10.9. The van der Waals surface area contributed by atoms with Gasteiger partial charge in [0.25, 0.3) is 0 Å². The number of methoxy groups -OCH3 is 4. The molecule has 2 aromatic carbocycles. The van der Waals surface area contributed by atoms with E-state index in [0.29, 0.717) is 12.1 Å². The molecule has 0 saturated heterocycles. The van der Waals surface area contributed by atoms with Crippen LogP contribution < -0.4 is 18.9 Å². The van der Waals surface area contributed by atoms with Gasteiger partial charge in [0, 0.05) is 0 Å². The molecule has 0 aliphatic rings. The molecule has 0 radical (unpaired) electrons. The first-order chi connectivity index (χ1) is 17.2. The summed E-state index contributed by atoms with van der Waals surface area (Å²) in [6.07, 6.45) is 4.18. The molecule has 0 fully saturated rings. The Morgan fingerprint density at radius 1 is 0.556 bits per heavy atom. The molecule has 2 heterocycles. The van der Waals surface area contributed by atoms with Gasteiger partial charge in [-0.25, -0.2) is 0 Å². The molecule has 0 bridgehead atoms. The van der Waals surface area contributed by atoms with Crippen molar-refractivity contribution in [1.82, 2.24) is 9.13 Å². The summed E-state index contributed by atoms with van der Waals surface area (Å²) >= 11 is 6.30. The van der Waals surface area contributed by atoms with Crippen LogP contribution >= 0.6 is 0 Å². The molecule has 0 atom stereocenters. The van der Waals surface area contributed by atoms with Gasteiger partial charge in [0.05, 0.1) is 0 Å². The second kappa shape index (κ2) is 12.2. The monoisotopic (exact) mass is 622 g/mol. The molecule has 0 aliphatic carbocycles. The number of pyridine rings is 2. The molecular weight excluding hydrogens is 586 g/mol. The third-order valence-electron chi connectivity index (χ3n) is 5.98. The molecule has 0 unspecified atom stereocenters. The van der Waals surface area contributed by atoms with Crippen molar-refractivity contribution in [2.75, 3.05) is 28.4 Å². The van der Waals surface area contributed by atoms with Crippen molar-refractivity contribution >= 4 is 52.7 Å². The molecule has 192 valence electrons. The summed E-state index contributed by atoms with van der Waals surface area (Å²) in [5.74, 6) is 3.02. The standard InChI is InChI=1S/2C14H17NO2Se/c2*1-9(2)15-6-5-10-7-12(16-3)13(17-4)8-11(10)14(15)18/h2*5-9H,1-4H3. The molecule has 36 heavy (non-hydrogen) atoms. The van der Waals surface area contributed by atoms with E-state index in [0.717, 1.165) is 52.9 Å². The average molecular weight is 621 g/mol. The van der Waals surface area contributed by atoms with Crippen molar-refractivity contribution in [1.29, 1.82) is 0 Å². The number of nitrogens with zero attached hydrogens (tertiary/aromatic N) is 2. The van der Waals surface area contributed by atoms with Crippen molar-refractivity contribution in [2.45, 2.75) is 39.8 Å². The van der Waals surface area contributed by atoms with Crippen molar-refractivity contribution in [2.24, 2.45) is 0 Å². The summed E-state index contributed by atoms with van der Waals surface area (Å²) in [5.41, 5.74) is 0. The molecule has 0 N–H and O–H groups in total. The third kappa shape index (κ3) is 5.73. The Balaban J connectivity index is 0.000000201. The second-order valence-electron chi connectivity index (χ2n) is 8.83. The van der Waals surface area contributed by atoms with Gasteiger partial charge in [-0.3, -0.25) is 0 Å². The number of fused-ring (bicyclic) bond motifs is 2. The van der Waals surface area contributed by atoms with E-state index in [2.05, 4.69) is 92.5 Å². The zero-order valence-electron chi connectivity index (χ0n) is 22.1. The van der Waals surface area contributed by atoms with Crippen LogP contribution in [0.25, 0.3) is 21.5 Å². The Labute approximate surface area is 228 Å². The summed E-state index contributed by atoms with van der Waals surface area (Å²) in [6.45, 7) is 8.64. The third-order valence-corrected chi connectivity index (χ3v) is 7.79. The fourth-order valence-corrected chi connectivity index (χ4v) is 5.87. The van der Waals surface area contributed by atoms with Crippen LogP contribution in [0.5, 0.6) is 23.0 Å². The Bertz CT molecular complexity index is 1380. The first kappa shape index (κ1) is 28.1. The van der Waals surface area contributed by atoms with Crippen molar-refractivity contribution in [3.63, 3.8) is 0 Å². The number of aromatic nitrogens is 2. The number of hydrogen-bond donors (Lipinski definition) is 0. The quantitative estimate of drug-likeness (QED) is 0.253. The number of benzene rings is 2. The molecule has 4 rings (SSSR count). The molecule has 0 amide bonds. The maximum absolute atomic E-state index is 5.35. The topological polar surface area (TPSA) is 46.8 Å². The predicted octanol–water partition coefficient (Wildman–Crippen LogP) is 5.88.